The standard InChI is InChI=1S/C11H13FO2/c1-11(8-13,14-2)7-9-4-3-5-10(12)6-9/h3-6,8H,7H2,1-2H3. The molecule has 0 bridgehead atoms. The van der Waals surface area contributed by atoms with E-state index in [2.05, 4.69) is 0 Å². The number of halogens is 1. The number of hydrogen-bond acceptors (Lipinski definition) is 2. The van der Waals surface area contributed by atoms with Crippen LogP contribution in [0.2, 0.25) is 0 Å². The zero-order valence-corrected chi connectivity index (χ0v) is 8.29. The van der Waals surface area contributed by atoms with Crippen molar-refractivity contribution < 1.29 is 13.9 Å². The minimum absolute atomic E-state index is 0.299. The highest BCUT2D eigenvalue weighted by Crippen LogP contribution is 2.15. The molecule has 0 saturated carbocycles. The molecular weight excluding hydrogens is 183 g/mol. The molecule has 1 aromatic rings. The van der Waals surface area contributed by atoms with Crippen LogP contribution in [0.4, 0.5) is 4.39 Å². The van der Waals surface area contributed by atoms with Crippen molar-refractivity contribution in [3.05, 3.63) is 35.6 Å². The van der Waals surface area contributed by atoms with Gasteiger partial charge in [-0.2, -0.15) is 0 Å². The van der Waals surface area contributed by atoms with Gasteiger partial charge in [-0.3, -0.25) is 0 Å². The molecule has 1 unspecified atom stereocenters. The fourth-order valence-electron chi connectivity index (χ4n) is 1.21. The van der Waals surface area contributed by atoms with Crippen molar-refractivity contribution in [1.29, 1.82) is 0 Å². The Labute approximate surface area is 82.7 Å². The van der Waals surface area contributed by atoms with Gasteiger partial charge in [0.2, 0.25) is 0 Å². The fraction of sp³-hybridized carbons (Fsp3) is 0.364. The second kappa shape index (κ2) is 4.33. The maximum Gasteiger partial charge on any atom is 0.151 e. The van der Waals surface area contributed by atoms with Crippen LogP contribution < -0.4 is 0 Å². The monoisotopic (exact) mass is 196 g/mol. The van der Waals surface area contributed by atoms with E-state index < -0.39 is 5.60 Å². The van der Waals surface area contributed by atoms with Crippen LogP contribution in [0.1, 0.15) is 12.5 Å². The molecule has 0 saturated heterocycles. The van der Waals surface area contributed by atoms with E-state index in [1.807, 2.05) is 0 Å². The van der Waals surface area contributed by atoms with E-state index >= 15 is 0 Å². The lowest BCUT2D eigenvalue weighted by atomic mass is 9.98. The van der Waals surface area contributed by atoms with E-state index in [9.17, 15) is 9.18 Å². The topological polar surface area (TPSA) is 26.3 Å². The maximum absolute atomic E-state index is 12.8. The first kappa shape index (κ1) is 10.9. The molecular formula is C11H13FO2. The third-order valence-electron chi connectivity index (χ3n) is 2.16. The SMILES string of the molecule is COC(C)(C=O)Cc1cccc(F)c1. The quantitative estimate of drug-likeness (QED) is 0.688. The Bertz CT molecular complexity index is 325. The van der Waals surface area contributed by atoms with Gasteiger partial charge in [-0.15, -0.1) is 0 Å². The van der Waals surface area contributed by atoms with Gasteiger partial charge in [0.1, 0.15) is 11.4 Å². The Balaban J connectivity index is 2.82. The van der Waals surface area contributed by atoms with Crippen molar-refractivity contribution in [2.24, 2.45) is 0 Å². The van der Waals surface area contributed by atoms with Crippen LogP contribution in [0.5, 0.6) is 0 Å². The fourth-order valence-corrected chi connectivity index (χ4v) is 1.21. The molecule has 0 heterocycles. The molecule has 14 heavy (non-hydrogen) atoms. The summed E-state index contributed by atoms with van der Waals surface area (Å²) in [6.45, 7) is 1.67. The summed E-state index contributed by atoms with van der Waals surface area (Å²) in [7, 11) is 1.47. The van der Waals surface area contributed by atoms with E-state index in [1.54, 1.807) is 19.1 Å². The second-order valence-corrected chi connectivity index (χ2v) is 3.44. The van der Waals surface area contributed by atoms with Crippen LogP contribution in [0.15, 0.2) is 24.3 Å². The molecule has 3 heteroatoms. The molecule has 0 aromatic heterocycles. The summed E-state index contributed by atoms with van der Waals surface area (Å²) in [5.74, 6) is -0.299. The predicted molar refractivity (Wildman–Crippen MR) is 51.6 cm³/mol. The van der Waals surface area contributed by atoms with Gasteiger partial charge in [-0.25, -0.2) is 4.39 Å². The van der Waals surface area contributed by atoms with Gasteiger partial charge < -0.3 is 9.53 Å². The number of rotatable bonds is 4. The van der Waals surface area contributed by atoms with Gasteiger partial charge in [-0.1, -0.05) is 12.1 Å². The van der Waals surface area contributed by atoms with Crippen LogP contribution in [0, 0.1) is 5.82 Å². The van der Waals surface area contributed by atoms with E-state index in [1.165, 1.54) is 19.2 Å². The zero-order chi connectivity index (χ0) is 10.6. The molecule has 0 spiro atoms. The molecule has 0 radical (unpaired) electrons. The van der Waals surface area contributed by atoms with E-state index in [0.29, 0.717) is 6.42 Å². The minimum Gasteiger partial charge on any atom is -0.371 e. The Kier molecular flexibility index (Phi) is 3.36. The third-order valence-corrected chi connectivity index (χ3v) is 2.16. The summed E-state index contributed by atoms with van der Waals surface area (Å²) in [4.78, 5) is 10.7. The van der Waals surface area contributed by atoms with Crippen molar-refractivity contribution >= 4 is 6.29 Å². The average Bonchev–Trinajstić information content (AvgIpc) is 2.18. The Morgan fingerprint density at radius 2 is 2.29 bits per heavy atom. The summed E-state index contributed by atoms with van der Waals surface area (Å²) in [6.07, 6.45) is 1.11. The summed E-state index contributed by atoms with van der Waals surface area (Å²) in [6, 6.07) is 6.16. The number of carbonyl (C=O) groups is 1. The lowest BCUT2D eigenvalue weighted by Crippen LogP contribution is -2.31. The van der Waals surface area contributed by atoms with Gasteiger partial charge >= 0.3 is 0 Å². The number of hydrogen-bond donors (Lipinski definition) is 0. The first-order chi connectivity index (χ1) is 6.59. The van der Waals surface area contributed by atoms with Gasteiger partial charge in [0.15, 0.2) is 6.29 Å². The Hall–Kier alpha value is -1.22. The molecule has 76 valence electrons. The first-order valence-electron chi connectivity index (χ1n) is 4.35. The largest absolute Gasteiger partial charge is 0.371 e. The zero-order valence-electron chi connectivity index (χ0n) is 8.29. The molecule has 0 N–H and O–H groups in total. The third kappa shape index (κ3) is 2.64. The molecule has 2 nitrogen and oxygen atoms in total. The predicted octanol–water partition coefficient (Wildman–Crippen LogP) is 1.97. The summed E-state index contributed by atoms with van der Waals surface area (Å²) >= 11 is 0. The number of carbonyl (C=O) groups excluding carboxylic acids is 1. The second-order valence-electron chi connectivity index (χ2n) is 3.44. The van der Waals surface area contributed by atoms with Crippen molar-refractivity contribution in [3.63, 3.8) is 0 Å². The van der Waals surface area contributed by atoms with Crippen molar-refractivity contribution in [3.8, 4) is 0 Å². The van der Waals surface area contributed by atoms with Crippen LogP contribution in [-0.2, 0) is 16.0 Å². The smallest absolute Gasteiger partial charge is 0.151 e. The number of benzene rings is 1. The summed E-state index contributed by atoms with van der Waals surface area (Å²) in [5, 5.41) is 0. The molecule has 1 rings (SSSR count). The van der Waals surface area contributed by atoms with E-state index in [-0.39, 0.29) is 5.82 Å². The van der Waals surface area contributed by atoms with E-state index in [0.717, 1.165) is 11.8 Å². The Morgan fingerprint density at radius 1 is 1.57 bits per heavy atom. The molecule has 0 aliphatic carbocycles. The highest BCUT2D eigenvalue weighted by molar-refractivity contribution is 5.62. The van der Waals surface area contributed by atoms with E-state index in [4.69, 9.17) is 4.74 Å². The molecule has 1 atom stereocenters. The molecule has 0 amide bonds. The van der Waals surface area contributed by atoms with Crippen LogP contribution >= 0.6 is 0 Å². The number of aldehydes is 1. The van der Waals surface area contributed by atoms with Crippen LogP contribution in [-0.4, -0.2) is 19.0 Å². The number of methoxy groups -OCH3 is 1. The normalized spacial score (nSPS) is 14.8. The van der Waals surface area contributed by atoms with Gasteiger partial charge in [0.05, 0.1) is 0 Å². The summed E-state index contributed by atoms with van der Waals surface area (Å²) < 4.78 is 17.9. The molecule has 0 aliphatic rings. The maximum atomic E-state index is 12.8. The molecule has 1 aromatic carbocycles. The van der Waals surface area contributed by atoms with Crippen molar-refractivity contribution in [2.45, 2.75) is 18.9 Å². The molecule has 0 aliphatic heterocycles. The molecule has 0 fully saturated rings. The average molecular weight is 196 g/mol. The van der Waals surface area contributed by atoms with Crippen LogP contribution in [0.3, 0.4) is 0 Å². The highest BCUT2D eigenvalue weighted by atomic mass is 19.1. The van der Waals surface area contributed by atoms with Crippen LogP contribution in [0.25, 0.3) is 0 Å². The number of ether oxygens (including phenoxy) is 1. The Morgan fingerprint density at radius 3 is 2.79 bits per heavy atom. The lowest BCUT2D eigenvalue weighted by Gasteiger charge is -2.20. The van der Waals surface area contributed by atoms with Gasteiger partial charge in [-0.05, 0) is 24.6 Å². The van der Waals surface area contributed by atoms with Gasteiger partial charge in [0, 0.05) is 13.5 Å². The minimum atomic E-state index is -0.867. The van der Waals surface area contributed by atoms with Crippen molar-refractivity contribution in [2.75, 3.05) is 7.11 Å². The summed E-state index contributed by atoms with van der Waals surface area (Å²) in [5.41, 5.74) is -0.116. The first-order valence-corrected chi connectivity index (χ1v) is 4.35. The highest BCUT2D eigenvalue weighted by Gasteiger charge is 2.23. The van der Waals surface area contributed by atoms with Crippen molar-refractivity contribution in [1.82, 2.24) is 0 Å². The van der Waals surface area contributed by atoms with Gasteiger partial charge in [0.25, 0.3) is 0 Å². The lowest BCUT2D eigenvalue weighted by molar-refractivity contribution is -0.125.